The zero-order valence-electron chi connectivity index (χ0n) is 14.7. The highest BCUT2D eigenvalue weighted by Gasteiger charge is 2.30. The van der Waals surface area contributed by atoms with Crippen LogP contribution in [-0.4, -0.2) is 40.7 Å². The second-order valence-corrected chi connectivity index (χ2v) is 7.21. The first-order chi connectivity index (χ1) is 10.9. The summed E-state index contributed by atoms with van der Waals surface area (Å²) in [4.78, 5) is 18.7. The fourth-order valence-electron chi connectivity index (χ4n) is 2.82. The molecule has 23 heavy (non-hydrogen) atoms. The van der Waals surface area contributed by atoms with Crippen molar-refractivity contribution in [2.24, 2.45) is 0 Å². The molecule has 0 saturated carbocycles. The van der Waals surface area contributed by atoms with Gasteiger partial charge in [-0.05, 0) is 59.1 Å². The molecule has 2 rings (SSSR count). The predicted molar refractivity (Wildman–Crippen MR) is 91.2 cm³/mol. The maximum absolute atomic E-state index is 12.4. The molecule has 0 bridgehead atoms. The van der Waals surface area contributed by atoms with E-state index in [1.54, 1.807) is 6.20 Å². The van der Waals surface area contributed by atoms with E-state index in [0.717, 1.165) is 38.0 Å². The standard InChI is InChI=1S/C18H29N3O2/c1-14(16-10-5-7-11-19-16)20-13-15-9-6-8-12-21(15)17(22)23-18(2,3)4/h5,7,10-11,14-15,20H,6,8-9,12-13H2,1-4H3/t14-,15-/m1/s1. The summed E-state index contributed by atoms with van der Waals surface area (Å²) >= 11 is 0. The maximum atomic E-state index is 12.4. The first kappa shape index (κ1) is 17.7. The molecule has 5 heteroatoms. The van der Waals surface area contributed by atoms with Gasteiger partial charge in [0.25, 0.3) is 0 Å². The average Bonchev–Trinajstić information content (AvgIpc) is 2.52. The Balaban J connectivity index is 1.92. The summed E-state index contributed by atoms with van der Waals surface area (Å²) in [6.07, 6.45) is 4.83. The highest BCUT2D eigenvalue weighted by atomic mass is 16.6. The lowest BCUT2D eigenvalue weighted by Crippen LogP contribution is -2.50. The molecule has 1 N–H and O–H groups in total. The van der Waals surface area contributed by atoms with E-state index in [0.29, 0.717) is 0 Å². The quantitative estimate of drug-likeness (QED) is 0.922. The minimum absolute atomic E-state index is 0.165. The fraction of sp³-hybridized carbons (Fsp3) is 0.667. The van der Waals surface area contributed by atoms with Crippen LogP contribution in [-0.2, 0) is 4.74 Å². The molecule has 1 aliphatic rings. The van der Waals surface area contributed by atoms with Gasteiger partial charge in [0.2, 0.25) is 0 Å². The van der Waals surface area contributed by atoms with E-state index in [2.05, 4.69) is 17.2 Å². The normalized spacial score (nSPS) is 20.2. The molecule has 1 fully saturated rings. The zero-order chi connectivity index (χ0) is 16.9. The van der Waals surface area contributed by atoms with Crippen molar-refractivity contribution in [2.75, 3.05) is 13.1 Å². The molecule has 128 valence electrons. The Morgan fingerprint density at radius 3 is 2.87 bits per heavy atom. The molecule has 0 aromatic carbocycles. The van der Waals surface area contributed by atoms with Gasteiger partial charge < -0.3 is 15.0 Å². The van der Waals surface area contributed by atoms with Crippen molar-refractivity contribution >= 4 is 6.09 Å². The molecule has 0 spiro atoms. The maximum Gasteiger partial charge on any atom is 0.410 e. The number of pyridine rings is 1. The molecular formula is C18H29N3O2. The third-order valence-corrected chi connectivity index (χ3v) is 4.05. The van der Waals surface area contributed by atoms with Crippen LogP contribution in [0.25, 0.3) is 0 Å². The summed E-state index contributed by atoms with van der Waals surface area (Å²) < 4.78 is 5.55. The van der Waals surface area contributed by atoms with Crippen LogP contribution < -0.4 is 5.32 Å². The van der Waals surface area contributed by atoms with E-state index in [4.69, 9.17) is 4.74 Å². The summed E-state index contributed by atoms with van der Waals surface area (Å²) in [6, 6.07) is 6.28. The molecule has 0 unspecified atom stereocenters. The highest BCUT2D eigenvalue weighted by molar-refractivity contribution is 5.68. The van der Waals surface area contributed by atoms with Crippen LogP contribution in [0.1, 0.15) is 58.7 Å². The summed E-state index contributed by atoms with van der Waals surface area (Å²) in [5.74, 6) is 0. The lowest BCUT2D eigenvalue weighted by atomic mass is 10.0. The number of nitrogens with one attached hydrogen (secondary N) is 1. The SMILES string of the molecule is C[C@@H](NC[C@H]1CCCCN1C(=O)OC(C)(C)C)c1ccccn1. The Morgan fingerprint density at radius 1 is 1.43 bits per heavy atom. The number of ether oxygens (including phenoxy) is 1. The van der Waals surface area contributed by atoms with Crippen molar-refractivity contribution in [3.63, 3.8) is 0 Å². The monoisotopic (exact) mass is 319 g/mol. The number of rotatable bonds is 4. The number of amides is 1. The van der Waals surface area contributed by atoms with Gasteiger partial charge in [0, 0.05) is 31.4 Å². The molecule has 0 radical (unpaired) electrons. The minimum atomic E-state index is -0.451. The summed E-state index contributed by atoms with van der Waals surface area (Å²) in [5.41, 5.74) is 0.570. The summed E-state index contributed by atoms with van der Waals surface area (Å²) in [6.45, 7) is 9.36. The molecule has 5 nitrogen and oxygen atoms in total. The van der Waals surface area contributed by atoms with Crippen molar-refractivity contribution < 1.29 is 9.53 Å². The Morgan fingerprint density at radius 2 is 2.22 bits per heavy atom. The number of hydrogen-bond acceptors (Lipinski definition) is 4. The smallest absolute Gasteiger partial charge is 0.410 e. The van der Waals surface area contributed by atoms with Crippen molar-refractivity contribution in [2.45, 2.75) is 64.6 Å². The van der Waals surface area contributed by atoms with E-state index in [9.17, 15) is 4.79 Å². The van der Waals surface area contributed by atoms with Gasteiger partial charge in [-0.15, -0.1) is 0 Å². The van der Waals surface area contributed by atoms with Crippen LogP contribution in [0.3, 0.4) is 0 Å². The highest BCUT2D eigenvalue weighted by Crippen LogP contribution is 2.21. The van der Waals surface area contributed by atoms with Gasteiger partial charge in [0.15, 0.2) is 0 Å². The van der Waals surface area contributed by atoms with Crippen LogP contribution in [0.2, 0.25) is 0 Å². The summed E-state index contributed by atoms with van der Waals surface area (Å²) in [7, 11) is 0. The predicted octanol–water partition coefficient (Wildman–Crippen LogP) is 3.52. The Hall–Kier alpha value is -1.62. The van der Waals surface area contributed by atoms with Crippen molar-refractivity contribution in [3.8, 4) is 0 Å². The number of hydrogen-bond donors (Lipinski definition) is 1. The van der Waals surface area contributed by atoms with Gasteiger partial charge in [-0.2, -0.15) is 0 Å². The lowest BCUT2D eigenvalue weighted by molar-refractivity contribution is 0.00969. The number of likely N-dealkylation sites (tertiary alicyclic amines) is 1. The molecule has 2 heterocycles. The first-order valence-corrected chi connectivity index (χ1v) is 8.51. The number of aromatic nitrogens is 1. The number of carbonyl (C=O) groups excluding carboxylic acids is 1. The third-order valence-electron chi connectivity index (χ3n) is 4.05. The van der Waals surface area contributed by atoms with E-state index < -0.39 is 5.60 Å². The topological polar surface area (TPSA) is 54.5 Å². The molecule has 1 amide bonds. The van der Waals surface area contributed by atoms with Crippen molar-refractivity contribution in [1.29, 1.82) is 0 Å². The molecule has 1 aliphatic heterocycles. The molecule has 0 aliphatic carbocycles. The minimum Gasteiger partial charge on any atom is -0.444 e. The molecule has 1 aromatic rings. The molecule has 1 aromatic heterocycles. The molecular weight excluding hydrogens is 290 g/mol. The Bertz CT molecular complexity index is 499. The zero-order valence-corrected chi connectivity index (χ0v) is 14.7. The fourth-order valence-corrected chi connectivity index (χ4v) is 2.82. The van der Waals surface area contributed by atoms with Crippen LogP contribution in [0.4, 0.5) is 4.79 Å². The van der Waals surface area contributed by atoms with Gasteiger partial charge in [-0.3, -0.25) is 4.98 Å². The van der Waals surface area contributed by atoms with Crippen molar-refractivity contribution in [1.82, 2.24) is 15.2 Å². The van der Waals surface area contributed by atoms with Crippen LogP contribution in [0.5, 0.6) is 0 Å². The summed E-state index contributed by atoms with van der Waals surface area (Å²) in [5, 5.41) is 3.50. The van der Waals surface area contributed by atoms with Crippen LogP contribution in [0.15, 0.2) is 24.4 Å². The number of nitrogens with zero attached hydrogens (tertiary/aromatic N) is 2. The van der Waals surface area contributed by atoms with E-state index in [1.165, 1.54) is 0 Å². The van der Waals surface area contributed by atoms with Crippen molar-refractivity contribution in [3.05, 3.63) is 30.1 Å². The van der Waals surface area contributed by atoms with E-state index >= 15 is 0 Å². The largest absolute Gasteiger partial charge is 0.444 e. The number of piperidine rings is 1. The first-order valence-electron chi connectivity index (χ1n) is 8.51. The van der Waals surface area contributed by atoms with Crippen LogP contribution in [0, 0.1) is 0 Å². The molecule has 2 atom stereocenters. The van der Waals surface area contributed by atoms with Gasteiger partial charge in [-0.1, -0.05) is 6.07 Å². The number of carbonyl (C=O) groups is 1. The van der Waals surface area contributed by atoms with Gasteiger partial charge in [0.1, 0.15) is 5.60 Å². The lowest BCUT2D eigenvalue weighted by Gasteiger charge is -2.37. The Kier molecular flexibility index (Phi) is 5.99. The average molecular weight is 319 g/mol. The van der Waals surface area contributed by atoms with Gasteiger partial charge >= 0.3 is 6.09 Å². The second kappa shape index (κ2) is 7.77. The van der Waals surface area contributed by atoms with Crippen LogP contribution >= 0.6 is 0 Å². The Labute approximate surface area is 139 Å². The molecule has 1 saturated heterocycles. The van der Waals surface area contributed by atoms with Gasteiger partial charge in [0.05, 0.1) is 5.69 Å². The third kappa shape index (κ3) is 5.50. The second-order valence-electron chi connectivity index (χ2n) is 7.21. The van der Waals surface area contributed by atoms with Gasteiger partial charge in [-0.25, -0.2) is 4.79 Å². The van der Waals surface area contributed by atoms with E-state index in [1.807, 2.05) is 43.9 Å². The van der Waals surface area contributed by atoms with E-state index in [-0.39, 0.29) is 18.2 Å².